The highest BCUT2D eigenvalue weighted by Gasteiger charge is 2.40. The SMILES string of the molecule is CC1(O)CC(c2ccc(C3N=C(c4cnc(C5(O)CCOCC5)s4)SC3c3ccccc3)cc2)C1. The topological polar surface area (TPSA) is 74.9 Å². The summed E-state index contributed by atoms with van der Waals surface area (Å²) in [5.41, 5.74) is 2.33. The van der Waals surface area contributed by atoms with Crippen molar-refractivity contribution in [2.45, 2.75) is 61.0 Å². The number of aromatic nitrogens is 1. The predicted molar refractivity (Wildman–Crippen MR) is 141 cm³/mol. The molecule has 0 spiro atoms. The first-order valence-electron chi connectivity index (χ1n) is 12.3. The van der Waals surface area contributed by atoms with Gasteiger partial charge in [0.1, 0.15) is 15.7 Å². The second kappa shape index (κ2) is 9.12. The molecule has 2 unspecified atom stereocenters. The molecule has 1 saturated heterocycles. The molecular formula is C28H30N2O3S2. The Morgan fingerprint density at radius 3 is 2.29 bits per heavy atom. The maximum Gasteiger partial charge on any atom is 0.125 e. The zero-order valence-corrected chi connectivity index (χ0v) is 21.4. The van der Waals surface area contributed by atoms with Crippen LogP contribution in [0.15, 0.2) is 65.8 Å². The summed E-state index contributed by atoms with van der Waals surface area (Å²) in [6.07, 6.45) is 4.68. The number of hydrogen-bond donors (Lipinski definition) is 2. The number of nitrogens with zero attached hydrogens (tertiary/aromatic N) is 2. The van der Waals surface area contributed by atoms with E-state index in [1.807, 2.05) is 19.2 Å². The molecule has 35 heavy (non-hydrogen) atoms. The molecule has 3 heterocycles. The van der Waals surface area contributed by atoms with Crippen LogP contribution in [-0.4, -0.2) is 39.1 Å². The first-order chi connectivity index (χ1) is 16.9. The number of aliphatic hydroxyl groups is 2. The van der Waals surface area contributed by atoms with Crippen molar-refractivity contribution < 1.29 is 14.9 Å². The zero-order chi connectivity index (χ0) is 24.0. The molecule has 6 rings (SSSR count). The van der Waals surface area contributed by atoms with Gasteiger partial charge in [-0.15, -0.1) is 11.3 Å². The van der Waals surface area contributed by atoms with Crippen molar-refractivity contribution in [3.63, 3.8) is 0 Å². The highest BCUT2D eigenvalue weighted by atomic mass is 32.2. The molecule has 0 amide bonds. The lowest BCUT2D eigenvalue weighted by Gasteiger charge is -2.41. The minimum absolute atomic E-state index is 0.00710. The molecule has 1 saturated carbocycles. The third-order valence-corrected chi connectivity index (χ3v) is 10.1. The Morgan fingerprint density at radius 1 is 0.914 bits per heavy atom. The fourth-order valence-electron chi connectivity index (χ4n) is 5.39. The van der Waals surface area contributed by atoms with Gasteiger partial charge in [-0.3, -0.25) is 4.99 Å². The monoisotopic (exact) mass is 506 g/mol. The van der Waals surface area contributed by atoms with Crippen LogP contribution in [0.2, 0.25) is 0 Å². The third-order valence-electron chi connectivity index (χ3n) is 7.47. The van der Waals surface area contributed by atoms with Gasteiger partial charge in [0.2, 0.25) is 0 Å². The van der Waals surface area contributed by atoms with Gasteiger partial charge in [0.25, 0.3) is 0 Å². The lowest BCUT2D eigenvalue weighted by molar-refractivity contribution is -0.0679. The van der Waals surface area contributed by atoms with E-state index in [1.165, 1.54) is 16.7 Å². The van der Waals surface area contributed by atoms with Crippen LogP contribution in [0.5, 0.6) is 0 Å². The van der Waals surface area contributed by atoms with Crippen molar-refractivity contribution in [2.75, 3.05) is 13.2 Å². The van der Waals surface area contributed by atoms with Crippen LogP contribution in [0.3, 0.4) is 0 Å². The van der Waals surface area contributed by atoms with Gasteiger partial charge in [-0.2, -0.15) is 0 Å². The minimum Gasteiger partial charge on any atom is -0.390 e. The predicted octanol–water partition coefficient (Wildman–Crippen LogP) is 5.75. The first-order valence-corrected chi connectivity index (χ1v) is 14.0. The van der Waals surface area contributed by atoms with Crippen molar-refractivity contribution >= 4 is 28.1 Å². The van der Waals surface area contributed by atoms with E-state index in [0.717, 1.165) is 27.8 Å². The van der Waals surface area contributed by atoms with Crippen LogP contribution in [-0.2, 0) is 10.3 Å². The molecule has 3 aliphatic rings. The molecule has 1 aliphatic carbocycles. The second-order valence-corrected chi connectivity index (χ2v) is 12.4. The number of thiazole rings is 1. The van der Waals surface area contributed by atoms with Crippen LogP contribution < -0.4 is 0 Å². The van der Waals surface area contributed by atoms with Crippen molar-refractivity contribution in [3.05, 3.63) is 87.4 Å². The Balaban J connectivity index is 1.29. The van der Waals surface area contributed by atoms with Crippen LogP contribution >= 0.6 is 23.1 Å². The summed E-state index contributed by atoms with van der Waals surface area (Å²) < 4.78 is 5.44. The highest BCUT2D eigenvalue weighted by molar-refractivity contribution is 8.15. The lowest BCUT2D eigenvalue weighted by Crippen LogP contribution is -2.39. The van der Waals surface area contributed by atoms with Crippen molar-refractivity contribution in [3.8, 4) is 0 Å². The molecule has 0 radical (unpaired) electrons. The number of thioether (sulfide) groups is 1. The summed E-state index contributed by atoms with van der Waals surface area (Å²) in [6, 6.07) is 19.4. The van der Waals surface area contributed by atoms with E-state index in [4.69, 9.17) is 9.73 Å². The Labute approximate surface area is 214 Å². The van der Waals surface area contributed by atoms with Crippen molar-refractivity contribution in [1.82, 2.24) is 4.98 Å². The van der Waals surface area contributed by atoms with E-state index in [0.29, 0.717) is 32.0 Å². The van der Waals surface area contributed by atoms with Crippen LogP contribution in [0.4, 0.5) is 0 Å². The van der Waals surface area contributed by atoms with Gasteiger partial charge in [0.15, 0.2) is 0 Å². The van der Waals surface area contributed by atoms with Gasteiger partial charge < -0.3 is 14.9 Å². The second-order valence-electron chi connectivity index (χ2n) is 10.3. The quantitative estimate of drug-likeness (QED) is 0.461. The summed E-state index contributed by atoms with van der Waals surface area (Å²) in [7, 11) is 0. The zero-order valence-electron chi connectivity index (χ0n) is 19.8. The summed E-state index contributed by atoms with van der Waals surface area (Å²) in [4.78, 5) is 10.8. The van der Waals surface area contributed by atoms with E-state index >= 15 is 0 Å². The van der Waals surface area contributed by atoms with Crippen molar-refractivity contribution in [1.29, 1.82) is 0 Å². The molecule has 1 aromatic heterocycles. The molecule has 2 fully saturated rings. The van der Waals surface area contributed by atoms with E-state index < -0.39 is 11.2 Å². The fourth-order valence-corrected chi connectivity index (χ4v) is 7.83. The number of aliphatic imine (C=N–C) groups is 1. The highest BCUT2D eigenvalue weighted by Crippen LogP contribution is 2.51. The van der Waals surface area contributed by atoms with Gasteiger partial charge in [0, 0.05) is 32.3 Å². The van der Waals surface area contributed by atoms with Crippen LogP contribution in [0, 0.1) is 0 Å². The Morgan fingerprint density at radius 2 is 1.60 bits per heavy atom. The Hall–Kier alpha value is -2.03. The standard InChI is InChI=1S/C28H30N2O3S2/c1-27(31)15-21(16-27)18-7-9-19(10-8-18)23-24(20-5-3-2-4-6-20)35-25(30-23)22-17-29-26(34-22)28(32)11-13-33-14-12-28/h2-10,17,21,23-24,31-32H,11-16H2,1H3. The summed E-state index contributed by atoms with van der Waals surface area (Å²) >= 11 is 3.34. The number of rotatable bonds is 5. The smallest absolute Gasteiger partial charge is 0.125 e. The molecule has 182 valence electrons. The summed E-state index contributed by atoms with van der Waals surface area (Å²) in [5, 5.41) is 23.1. The van der Waals surface area contributed by atoms with Crippen molar-refractivity contribution in [2.24, 2.45) is 4.99 Å². The van der Waals surface area contributed by atoms with E-state index in [-0.39, 0.29) is 11.3 Å². The molecule has 2 aromatic carbocycles. The van der Waals surface area contributed by atoms with E-state index in [1.54, 1.807) is 23.1 Å². The van der Waals surface area contributed by atoms with Crippen LogP contribution in [0.25, 0.3) is 0 Å². The molecule has 7 heteroatoms. The van der Waals surface area contributed by atoms with Crippen LogP contribution in [0.1, 0.15) is 76.4 Å². The normalized spacial score (nSPS) is 30.0. The molecule has 2 aliphatic heterocycles. The Bertz CT molecular complexity index is 1210. The van der Waals surface area contributed by atoms with E-state index in [9.17, 15) is 10.2 Å². The molecule has 0 bridgehead atoms. The molecular weight excluding hydrogens is 476 g/mol. The first kappa shape index (κ1) is 23.4. The van der Waals surface area contributed by atoms with Gasteiger partial charge >= 0.3 is 0 Å². The number of benzene rings is 2. The maximum atomic E-state index is 11.1. The third kappa shape index (κ3) is 4.60. The molecule has 5 nitrogen and oxygen atoms in total. The van der Waals surface area contributed by atoms with Gasteiger partial charge in [-0.25, -0.2) is 4.98 Å². The molecule has 2 atom stereocenters. The van der Waals surface area contributed by atoms with Gasteiger partial charge in [-0.1, -0.05) is 66.4 Å². The average Bonchev–Trinajstić information content (AvgIpc) is 3.52. The molecule has 3 aromatic rings. The summed E-state index contributed by atoms with van der Waals surface area (Å²) in [6.45, 7) is 3.04. The lowest BCUT2D eigenvalue weighted by atomic mass is 9.69. The number of hydrogen-bond acceptors (Lipinski definition) is 7. The van der Waals surface area contributed by atoms with Gasteiger partial charge in [0.05, 0.1) is 21.8 Å². The van der Waals surface area contributed by atoms with E-state index in [2.05, 4.69) is 53.5 Å². The summed E-state index contributed by atoms with van der Waals surface area (Å²) in [5.74, 6) is 0.438. The fraction of sp³-hybridized carbons (Fsp3) is 0.429. The minimum atomic E-state index is -0.898. The largest absolute Gasteiger partial charge is 0.390 e. The number of ether oxygens (including phenoxy) is 1. The Kier molecular flexibility index (Phi) is 6.09. The average molecular weight is 507 g/mol. The molecule has 2 N–H and O–H groups in total. The van der Waals surface area contributed by atoms with Gasteiger partial charge in [-0.05, 0) is 42.4 Å². The maximum absolute atomic E-state index is 11.1.